The van der Waals surface area contributed by atoms with Gasteiger partial charge in [-0.3, -0.25) is 9.97 Å². The number of pyridine rings is 1. The van der Waals surface area contributed by atoms with E-state index in [-0.39, 0.29) is 0 Å². The average Bonchev–Trinajstić information content (AvgIpc) is 2.73. The Labute approximate surface area is 161 Å². The van der Waals surface area contributed by atoms with E-state index in [1.807, 2.05) is 60.7 Å². The summed E-state index contributed by atoms with van der Waals surface area (Å²) in [6.45, 7) is 0. The van der Waals surface area contributed by atoms with Crippen molar-refractivity contribution in [2.24, 2.45) is 0 Å². The van der Waals surface area contributed by atoms with Crippen LogP contribution in [0.3, 0.4) is 0 Å². The fraction of sp³-hybridized carbons (Fsp3) is 0. The molecule has 0 fully saturated rings. The van der Waals surface area contributed by atoms with Gasteiger partial charge in [-0.25, -0.2) is 0 Å². The number of aromatic nitrogens is 3. The van der Waals surface area contributed by atoms with Gasteiger partial charge in [-0.05, 0) is 36.4 Å². The molecule has 5 nitrogen and oxygen atoms in total. The van der Waals surface area contributed by atoms with E-state index in [9.17, 15) is 5.26 Å². The molecule has 2 aromatic carbocycles. The predicted molar refractivity (Wildman–Crippen MR) is 110 cm³/mol. The minimum atomic E-state index is 0.455. The molecule has 0 unspecified atom stereocenters. The van der Waals surface area contributed by atoms with Gasteiger partial charge in [0.25, 0.3) is 0 Å². The number of H-pyrrole nitrogens is 1. The van der Waals surface area contributed by atoms with Crippen molar-refractivity contribution in [2.75, 3.05) is 0 Å². The maximum Gasteiger partial charge on any atom is 0.127 e. The first kappa shape index (κ1) is 17.3. The van der Waals surface area contributed by atoms with Crippen LogP contribution >= 0.6 is 0 Å². The molecule has 4 aromatic rings. The second-order valence-corrected chi connectivity index (χ2v) is 6.00. The summed E-state index contributed by atoms with van der Waals surface area (Å²) >= 11 is 0. The molecule has 4 rings (SSSR count). The lowest BCUT2D eigenvalue weighted by Crippen LogP contribution is -1.88. The van der Waals surface area contributed by atoms with Crippen molar-refractivity contribution in [3.05, 3.63) is 97.1 Å². The van der Waals surface area contributed by atoms with Crippen molar-refractivity contribution in [1.29, 1.82) is 5.26 Å². The van der Waals surface area contributed by atoms with E-state index in [1.54, 1.807) is 30.9 Å². The number of aromatic amines is 1. The molecular weight excluding hydrogens is 348 g/mol. The molecule has 5 heteroatoms. The zero-order valence-electron chi connectivity index (χ0n) is 14.9. The van der Waals surface area contributed by atoms with E-state index in [1.165, 1.54) is 0 Å². The maximum absolute atomic E-state index is 9.60. The third-order valence-corrected chi connectivity index (χ3v) is 4.18. The molecule has 2 aromatic heterocycles. The van der Waals surface area contributed by atoms with Gasteiger partial charge >= 0.3 is 0 Å². The van der Waals surface area contributed by atoms with Gasteiger partial charge in [-0.15, -0.1) is 0 Å². The number of para-hydroxylation sites is 1. The fourth-order valence-corrected chi connectivity index (χ4v) is 2.84. The number of hydrogen-bond donors (Lipinski definition) is 1. The van der Waals surface area contributed by atoms with Gasteiger partial charge in [-0.1, -0.05) is 30.3 Å². The number of nitrogens with one attached hydrogen (secondary N) is 1. The summed E-state index contributed by atoms with van der Waals surface area (Å²) in [5, 5.41) is 11.3. The van der Waals surface area contributed by atoms with Crippen molar-refractivity contribution in [1.82, 2.24) is 15.0 Å². The normalized spacial score (nSPS) is 10.1. The summed E-state index contributed by atoms with van der Waals surface area (Å²) in [4.78, 5) is 12.1. The molecule has 0 spiro atoms. The quantitative estimate of drug-likeness (QED) is 0.444. The molecule has 0 saturated carbocycles. The minimum absolute atomic E-state index is 0.455. The highest BCUT2D eigenvalue weighted by Crippen LogP contribution is 2.22. The Hall–Kier alpha value is -4.17. The Morgan fingerprint density at radius 3 is 2.75 bits per heavy atom. The zero-order valence-corrected chi connectivity index (χ0v) is 14.9. The van der Waals surface area contributed by atoms with Crippen LogP contribution < -0.4 is 0 Å². The van der Waals surface area contributed by atoms with Crippen LogP contribution in [0.2, 0.25) is 0 Å². The van der Waals surface area contributed by atoms with Gasteiger partial charge in [0, 0.05) is 34.9 Å². The van der Waals surface area contributed by atoms with E-state index >= 15 is 0 Å². The second-order valence-electron chi connectivity index (χ2n) is 6.00. The SMILES string of the molecule is N#Cc1cnc2ccc3cc2c1[nH]c1ccccc1cncccccco3. The smallest absolute Gasteiger partial charge is 0.127 e. The van der Waals surface area contributed by atoms with Gasteiger partial charge < -0.3 is 9.40 Å². The Balaban J connectivity index is 2.22. The number of nitrogens with zero attached hydrogens (tertiary/aromatic N) is 3. The Kier molecular flexibility index (Phi) is 4.94. The number of hydrogen-bond acceptors (Lipinski definition) is 4. The maximum atomic E-state index is 9.60. The number of nitriles is 1. The largest absolute Gasteiger partial charge is 0.465 e. The summed E-state index contributed by atoms with van der Waals surface area (Å²) in [5.41, 5.74) is 3.42. The molecule has 1 N–H and O–H groups in total. The molecule has 0 amide bonds. The van der Waals surface area contributed by atoms with E-state index in [0.29, 0.717) is 16.7 Å². The highest BCUT2D eigenvalue weighted by Gasteiger charge is 2.05. The molecule has 0 aliphatic heterocycles. The molecule has 0 saturated heterocycles. The van der Waals surface area contributed by atoms with Gasteiger partial charge in [0.15, 0.2) is 0 Å². The molecular formula is C23H16N4O. The van der Waals surface area contributed by atoms with Gasteiger partial charge in [0.2, 0.25) is 0 Å². The second kappa shape index (κ2) is 8.02. The third-order valence-electron chi connectivity index (χ3n) is 4.18. The molecule has 0 aliphatic rings. The van der Waals surface area contributed by atoms with Crippen LogP contribution in [0, 0.1) is 11.3 Å². The van der Waals surface area contributed by atoms with Crippen molar-refractivity contribution < 1.29 is 4.42 Å². The topological polar surface area (TPSA) is 78.5 Å². The first-order chi connectivity index (χ1) is 13.8. The highest BCUT2D eigenvalue weighted by atomic mass is 16.3. The van der Waals surface area contributed by atoms with Crippen LogP contribution in [-0.2, 0) is 0 Å². The van der Waals surface area contributed by atoms with E-state index in [4.69, 9.17) is 4.42 Å². The lowest BCUT2D eigenvalue weighted by atomic mass is 10.1. The molecule has 134 valence electrons. The summed E-state index contributed by atoms with van der Waals surface area (Å²) in [6, 6.07) is 23.0. The predicted octanol–water partition coefficient (Wildman–Crippen LogP) is 5.54. The lowest BCUT2D eigenvalue weighted by Gasteiger charge is -2.02. The van der Waals surface area contributed by atoms with Crippen molar-refractivity contribution in [3.8, 4) is 6.07 Å². The van der Waals surface area contributed by atoms with Crippen LogP contribution in [0.4, 0.5) is 0 Å². The van der Waals surface area contributed by atoms with Gasteiger partial charge in [0.05, 0.1) is 22.9 Å². The first-order valence-electron chi connectivity index (χ1n) is 8.72. The molecule has 2 bridgehead atoms. The number of fused-ring (bicyclic) bond motifs is 2. The van der Waals surface area contributed by atoms with Crippen LogP contribution in [0.1, 0.15) is 5.56 Å². The van der Waals surface area contributed by atoms with Crippen LogP contribution in [0.25, 0.3) is 32.9 Å². The van der Waals surface area contributed by atoms with E-state index < -0.39 is 0 Å². The highest BCUT2D eigenvalue weighted by molar-refractivity contribution is 5.99. The van der Waals surface area contributed by atoms with Gasteiger partial charge in [-0.2, -0.15) is 5.26 Å². The summed E-state index contributed by atoms with van der Waals surface area (Å²) < 4.78 is 5.69. The van der Waals surface area contributed by atoms with Crippen LogP contribution in [0.15, 0.2) is 96.0 Å². The monoisotopic (exact) mass is 364 g/mol. The molecule has 0 radical (unpaired) electrons. The standard InChI is InChI=1S/C23H16N4O/c24-14-18-16-26-22-10-9-19-13-20(22)23(18)27-21-8-4-3-7-17(21)15-25-11-5-1-2-6-12-28-19/h1-13,15-16,27H. The third kappa shape index (κ3) is 3.67. The van der Waals surface area contributed by atoms with Crippen LogP contribution in [-0.4, -0.2) is 15.0 Å². The average molecular weight is 364 g/mol. The van der Waals surface area contributed by atoms with E-state index in [2.05, 4.69) is 21.0 Å². The first-order valence-corrected chi connectivity index (χ1v) is 8.72. The van der Waals surface area contributed by atoms with Crippen molar-refractivity contribution >= 4 is 32.9 Å². The van der Waals surface area contributed by atoms with E-state index in [0.717, 1.165) is 21.8 Å². The summed E-state index contributed by atoms with van der Waals surface area (Å²) in [7, 11) is 0. The fourth-order valence-electron chi connectivity index (χ4n) is 2.84. The zero-order chi connectivity index (χ0) is 19.2. The molecule has 28 heavy (non-hydrogen) atoms. The Morgan fingerprint density at radius 1 is 0.929 bits per heavy atom. The minimum Gasteiger partial charge on any atom is -0.465 e. The number of benzene rings is 2. The number of rotatable bonds is 0. The van der Waals surface area contributed by atoms with Gasteiger partial charge in [0.1, 0.15) is 11.7 Å². The van der Waals surface area contributed by atoms with Crippen molar-refractivity contribution in [3.63, 3.8) is 0 Å². The van der Waals surface area contributed by atoms with Crippen LogP contribution in [0.5, 0.6) is 0 Å². The Bertz CT molecular complexity index is 1340. The summed E-state index contributed by atoms with van der Waals surface area (Å²) in [6.07, 6.45) is 6.67. The van der Waals surface area contributed by atoms with Crippen molar-refractivity contribution in [2.45, 2.75) is 0 Å². The summed E-state index contributed by atoms with van der Waals surface area (Å²) in [5.74, 6) is 0. The molecule has 2 heterocycles. The molecule has 0 aliphatic carbocycles. The molecule has 0 atom stereocenters. The lowest BCUT2D eigenvalue weighted by molar-refractivity contribution is 0.604. The Morgan fingerprint density at radius 2 is 1.82 bits per heavy atom.